The average molecular weight is 442 g/mol. The molecular weight excluding hydrogens is 426 g/mol. The Kier molecular flexibility index (Phi) is 5.99. The Morgan fingerprint density at radius 3 is 2.81 bits per heavy atom. The maximum absolute atomic E-state index is 12.3. The minimum Gasteiger partial charge on any atom is -0.497 e. The number of hydrogen-bond acceptors (Lipinski definition) is 5. The van der Waals surface area contributed by atoms with Crippen molar-refractivity contribution in [2.75, 3.05) is 18.2 Å². The third-order valence-electron chi connectivity index (χ3n) is 3.85. The van der Waals surface area contributed by atoms with Gasteiger partial charge < -0.3 is 10.1 Å². The maximum Gasteiger partial charge on any atom is 0.234 e. The Morgan fingerprint density at radius 1 is 1.30 bits per heavy atom. The van der Waals surface area contributed by atoms with Crippen LogP contribution >= 0.6 is 27.7 Å². The minimum absolute atomic E-state index is 0.156. The molecule has 0 aliphatic carbocycles. The predicted octanol–water partition coefficient (Wildman–Crippen LogP) is 4.92. The molecule has 1 N–H and O–H groups in total. The number of fused-ring (bicyclic) bond motifs is 1. The van der Waals surface area contributed by atoms with Crippen molar-refractivity contribution in [1.29, 1.82) is 5.26 Å². The summed E-state index contributed by atoms with van der Waals surface area (Å²) in [4.78, 5) is 16.8. The number of thioether (sulfide) groups is 1. The number of carbonyl (C=O) groups excluding carboxylic acids is 1. The molecule has 0 aliphatic heterocycles. The standard InChI is InChI=1S/C20H16BrN3O2S/c1-12-3-5-18(16(21)7-12)23-19(25)11-27-20-14(10-22)8-13-9-15(26-2)4-6-17(13)24-20/h3-9H,11H2,1-2H3,(H,23,25). The van der Waals surface area contributed by atoms with E-state index < -0.39 is 0 Å². The Labute approximate surface area is 169 Å². The summed E-state index contributed by atoms with van der Waals surface area (Å²) in [5.41, 5.74) is 3.00. The molecular formula is C20H16BrN3O2S. The summed E-state index contributed by atoms with van der Waals surface area (Å²) in [7, 11) is 1.59. The lowest BCUT2D eigenvalue weighted by molar-refractivity contribution is -0.113. The number of nitrogens with zero attached hydrogens (tertiary/aromatic N) is 2. The number of ether oxygens (including phenoxy) is 1. The molecule has 5 nitrogen and oxygen atoms in total. The average Bonchev–Trinajstić information content (AvgIpc) is 2.67. The van der Waals surface area contributed by atoms with E-state index in [1.54, 1.807) is 13.2 Å². The van der Waals surface area contributed by atoms with Crippen LogP contribution in [0.4, 0.5) is 5.69 Å². The van der Waals surface area contributed by atoms with E-state index in [4.69, 9.17) is 4.74 Å². The molecule has 0 aliphatic rings. The van der Waals surface area contributed by atoms with Crippen molar-refractivity contribution in [3.63, 3.8) is 0 Å². The first kappa shape index (κ1) is 19.2. The van der Waals surface area contributed by atoms with E-state index in [2.05, 4.69) is 32.3 Å². The van der Waals surface area contributed by atoms with Crippen molar-refractivity contribution in [2.24, 2.45) is 0 Å². The van der Waals surface area contributed by atoms with Gasteiger partial charge in [-0.25, -0.2) is 4.98 Å². The highest BCUT2D eigenvalue weighted by Gasteiger charge is 2.12. The van der Waals surface area contributed by atoms with Crippen molar-refractivity contribution < 1.29 is 9.53 Å². The molecule has 0 spiro atoms. The number of carbonyl (C=O) groups is 1. The number of aryl methyl sites for hydroxylation is 1. The second-order valence-corrected chi connectivity index (χ2v) is 7.65. The molecule has 0 saturated heterocycles. The van der Waals surface area contributed by atoms with Crippen molar-refractivity contribution in [3.8, 4) is 11.8 Å². The predicted molar refractivity (Wildman–Crippen MR) is 111 cm³/mol. The van der Waals surface area contributed by atoms with Crippen LogP contribution in [-0.2, 0) is 4.79 Å². The number of nitrogens with one attached hydrogen (secondary N) is 1. The number of methoxy groups -OCH3 is 1. The number of hydrogen-bond donors (Lipinski definition) is 1. The summed E-state index contributed by atoms with van der Waals surface area (Å²) in [6.45, 7) is 1.98. The number of halogens is 1. The van der Waals surface area contributed by atoms with Gasteiger partial charge in [0.2, 0.25) is 5.91 Å². The second-order valence-electron chi connectivity index (χ2n) is 5.83. The van der Waals surface area contributed by atoms with E-state index in [0.717, 1.165) is 20.9 Å². The van der Waals surface area contributed by atoms with Crippen LogP contribution in [0.3, 0.4) is 0 Å². The summed E-state index contributed by atoms with van der Waals surface area (Å²) < 4.78 is 6.04. The van der Waals surface area contributed by atoms with Gasteiger partial charge in [-0.15, -0.1) is 0 Å². The fourth-order valence-corrected chi connectivity index (χ4v) is 3.85. The van der Waals surface area contributed by atoms with Crippen LogP contribution in [0.2, 0.25) is 0 Å². The molecule has 136 valence electrons. The van der Waals surface area contributed by atoms with Crippen molar-refractivity contribution in [3.05, 3.63) is 58.1 Å². The lowest BCUT2D eigenvalue weighted by Crippen LogP contribution is -2.14. The number of amides is 1. The molecule has 1 amide bonds. The number of pyridine rings is 1. The molecule has 27 heavy (non-hydrogen) atoms. The van der Waals surface area contributed by atoms with E-state index in [1.165, 1.54) is 11.8 Å². The van der Waals surface area contributed by atoms with Gasteiger partial charge in [-0.2, -0.15) is 5.26 Å². The molecule has 3 aromatic rings. The van der Waals surface area contributed by atoms with E-state index >= 15 is 0 Å². The third kappa shape index (κ3) is 4.59. The lowest BCUT2D eigenvalue weighted by atomic mass is 10.1. The molecule has 0 bridgehead atoms. The Hall–Kier alpha value is -2.56. The van der Waals surface area contributed by atoms with E-state index in [1.807, 2.05) is 43.3 Å². The van der Waals surface area contributed by atoms with Gasteiger partial charge >= 0.3 is 0 Å². The number of anilines is 1. The fourth-order valence-electron chi connectivity index (χ4n) is 2.50. The molecule has 2 aromatic carbocycles. The second kappa shape index (κ2) is 8.42. The van der Waals surface area contributed by atoms with Gasteiger partial charge in [0.25, 0.3) is 0 Å². The van der Waals surface area contributed by atoms with E-state index in [9.17, 15) is 10.1 Å². The minimum atomic E-state index is -0.162. The fraction of sp³-hybridized carbons (Fsp3) is 0.150. The van der Waals surface area contributed by atoms with Crippen molar-refractivity contribution in [2.45, 2.75) is 11.9 Å². The highest BCUT2D eigenvalue weighted by Crippen LogP contribution is 2.28. The SMILES string of the molecule is COc1ccc2nc(SCC(=O)Nc3ccc(C)cc3Br)c(C#N)cc2c1. The van der Waals surface area contributed by atoms with Crippen LogP contribution in [-0.4, -0.2) is 23.8 Å². The van der Waals surface area contributed by atoms with Gasteiger partial charge in [0.1, 0.15) is 16.8 Å². The van der Waals surface area contributed by atoms with Gasteiger partial charge in [0.15, 0.2) is 0 Å². The maximum atomic E-state index is 12.3. The zero-order valence-electron chi connectivity index (χ0n) is 14.7. The lowest BCUT2D eigenvalue weighted by Gasteiger charge is -2.09. The van der Waals surface area contributed by atoms with Gasteiger partial charge in [0, 0.05) is 9.86 Å². The highest BCUT2D eigenvalue weighted by molar-refractivity contribution is 9.10. The number of rotatable bonds is 5. The molecule has 0 radical (unpaired) electrons. The van der Waals surface area contributed by atoms with Gasteiger partial charge in [0.05, 0.1) is 29.6 Å². The molecule has 7 heteroatoms. The molecule has 0 fully saturated rings. The van der Waals surface area contributed by atoms with E-state index in [0.29, 0.717) is 22.0 Å². The van der Waals surface area contributed by atoms with Crippen LogP contribution in [0.5, 0.6) is 5.75 Å². The number of aromatic nitrogens is 1. The normalized spacial score (nSPS) is 10.4. The molecule has 0 unspecified atom stereocenters. The Bertz CT molecular complexity index is 1060. The van der Waals surface area contributed by atoms with Crippen LogP contribution in [0, 0.1) is 18.3 Å². The van der Waals surface area contributed by atoms with Crippen LogP contribution in [0.15, 0.2) is 52.0 Å². The monoisotopic (exact) mass is 441 g/mol. The summed E-state index contributed by atoms with van der Waals surface area (Å²) in [5.74, 6) is 0.700. The topological polar surface area (TPSA) is 75.0 Å². The summed E-state index contributed by atoms with van der Waals surface area (Å²) >= 11 is 4.69. The molecule has 3 rings (SSSR count). The molecule has 1 heterocycles. The smallest absolute Gasteiger partial charge is 0.234 e. The first-order chi connectivity index (χ1) is 13.0. The van der Waals surface area contributed by atoms with Crippen molar-refractivity contribution in [1.82, 2.24) is 4.98 Å². The quantitative estimate of drug-likeness (QED) is 0.568. The molecule has 1 aromatic heterocycles. The Morgan fingerprint density at radius 2 is 2.11 bits per heavy atom. The molecule has 0 saturated carbocycles. The van der Waals surface area contributed by atoms with Crippen molar-refractivity contribution >= 4 is 50.2 Å². The summed E-state index contributed by atoms with van der Waals surface area (Å²) in [6, 6.07) is 15.1. The first-order valence-electron chi connectivity index (χ1n) is 8.08. The highest BCUT2D eigenvalue weighted by atomic mass is 79.9. The largest absolute Gasteiger partial charge is 0.497 e. The van der Waals surface area contributed by atoms with E-state index in [-0.39, 0.29) is 11.7 Å². The first-order valence-corrected chi connectivity index (χ1v) is 9.85. The zero-order valence-corrected chi connectivity index (χ0v) is 17.1. The Balaban J connectivity index is 1.75. The van der Waals surface area contributed by atoms with Gasteiger partial charge in [-0.1, -0.05) is 17.8 Å². The van der Waals surface area contributed by atoms with Crippen LogP contribution in [0.1, 0.15) is 11.1 Å². The summed E-state index contributed by atoms with van der Waals surface area (Å²) in [6.07, 6.45) is 0. The molecule has 0 atom stereocenters. The third-order valence-corrected chi connectivity index (χ3v) is 5.49. The summed E-state index contributed by atoms with van der Waals surface area (Å²) in [5, 5.41) is 13.6. The zero-order chi connectivity index (χ0) is 19.4. The number of benzene rings is 2. The van der Waals surface area contributed by atoms with Gasteiger partial charge in [-0.3, -0.25) is 4.79 Å². The van der Waals surface area contributed by atoms with Crippen LogP contribution < -0.4 is 10.1 Å². The van der Waals surface area contributed by atoms with Gasteiger partial charge in [-0.05, 0) is 64.8 Å². The number of nitriles is 1. The van der Waals surface area contributed by atoms with Crippen LogP contribution in [0.25, 0.3) is 10.9 Å².